The van der Waals surface area contributed by atoms with Crippen molar-refractivity contribution < 1.29 is 14.3 Å². The van der Waals surface area contributed by atoms with Gasteiger partial charge in [0.1, 0.15) is 23.2 Å². The highest BCUT2D eigenvalue weighted by Crippen LogP contribution is 2.28. The van der Waals surface area contributed by atoms with Crippen LogP contribution >= 0.6 is 0 Å². The van der Waals surface area contributed by atoms with Gasteiger partial charge in [0.15, 0.2) is 0 Å². The number of nitrogen functional groups attached to an aromatic ring is 1. The number of carboxylic acid groups (broad SMARTS) is 1. The lowest BCUT2D eigenvalue weighted by atomic mass is 10.1. The van der Waals surface area contributed by atoms with E-state index < -0.39 is 11.8 Å². The van der Waals surface area contributed by atoms with Crippen molar-refractivity contribution in [3.8, 4) is 17.3 Å². The topological polar surface area (TPSA) is 129 Å². The highest BCUT2D eigenvalue weighted by molar-refractivity contribution is 5.88. The monoisotopic (exact) mass is 416 g/mol. The highest BCUT2D eigenvalue weighted by atomic mass is 19.1. The minimum atomic E-state index is -1.13. The summed E-state index contributed by atoms with van der Waals surface area (Å²) in [4.78, 5) is 20.2. The number of pyridine rings is 2. The summed E-state index contributed by atoms with van der Waals surface area (Å²) in [6.45, 7) is 0.389. The van der Waals surface area contributed by atoms with Gasteiger partial charge in [0.2, 0.25) is 0 Å². The summed E-state index contributed by atoms with van der Waals surface area (Å²) in [7, 11) is 0. The Kier molecular flexibility index (Phi) is 5.20. The molecule has 0 aliphatic carbocycles. The Morgan fingerprint density at radius 1 is 1.26 bits per heavy atom. The molecule has 0 unspecified atom stereocenters. The second-order valence-electron chi connectivity index (χ2n) is 6.77. The Morgan fingerprint density at radius 3 is 2.81 bits per heavy atom. The van der Waals surface area contributed by atoms with Crippen molar-refractivity contribution in [3.05, 3.63) is 77.6 Å². The number of hydrogen-bond acceptors (Lipinski definition) is 6. The van der Waals surface area contributed by atoms with E-state index in [1.54, 1.807) is 30.3 Å². The first-order chi connectivity index (χ1) is 15.0. The zero-order chi connectivity index (χ0) is 22.0. The summed E-state index contributed by atoms with van der Waals surface area (Å²) in [6.07, 6.45) is 2.93. The van der Waals surface area contributed by atoms with Crippen LogP contribution in [0, 0.1) is 17.1 Å². The third-order valence-corrected chi connectivity index (χ3v) is 4.80. The fraction of sp³-hybridized carbons (Fsp3) is 0.0909. The van der Waals surface area contributed by atoms with E-state index in [2.05, 4.69) is 21.4 Å². The average Bonchev–Trinajstić information content (AvgIpc) is 3.12. The molecule has 9 heteroatoms. The van der Waals surface area contributed by atoms with E-state index in [0.29, 0.717) is 52.5 Å². The molecule has 4 N–H and O–H groups in total. The van der Waals surface area contributed by atoms with E-state index in [1.807, 2.05) is 0 Å². The standard InChI is InChI=1S/C22H17FN6O2/c23-14-9-13(11-26-12-14)21-18(28-20-6-2-5-19(22(30)31)29(20)21)7-8-27-17-4-1-3-16(25)15(17)10-24/h1-6,9,11-12,27H,7-8,25H2,(H,30,31). The van der Waals surface area contributed by atoms with Crippen molar-refractivity contribution >= 4 is 23.0 Å². The van der Waals surface area contributed by atoms with Crippen molar-refractivity contribution in [1.29, 1.82) is 5.26 Å². The van der Waals surface area contributed by atoms with Gasteiger partial charge in [0.05, 0.1) is 34.5 Å². The Bertz CT molecular complexity index is 1340. The first kappa shape index (κ1) is 19.8. The Labute approximate surface area is 176 Å². The molecule has 3 heterocycles. The van der Waals surface area contributed by atoms with Crippen molar-refractivity contribution in [2.24, 2.45) is 0 Å². The molecule has 0 amide bonds. The van der Waals surface area contributed by atoms with Crippen molar-refractivity contribution in [1.82, 2.24) is 14.4 Å². The molecule has 154 valence electrons. The molecule has 31 heavy (non-hydrogen) atoms. The van der Waals surface area contributed by atoms with Gasteiger partial charge in [-0.25, -0.2) is 14.2 Å². The molecule has 0 saturated carbocycles. The number of carboxylic acids is 1. The molecule has 3 aromatic heterocycles. The average molecular weight is 416 g/mol. The maximum absolute atomic E-state index is 13.9. The lowest BCUT2D eigenvalue weighted by molar-refractivity contribution is 0.0689. The second-order valence-corrected chi connectivity index (χ2v) is 6.77. The minimum Gasteiger partial charge on any atom is -0.477 e. The van der Waals surface area contributed by atoms with E-state index in [9.17, 15) is 19.6 Å². The van der Waals surface area contributed by atoms with Crippen LogP contribution in [0.1, 0.15) is 21.7 Å². The number of imidazole rings is 1. The molecule has 1 aromatic carbocycles. The summed E-state index contributed by atoms with van der Waals surface area (Å²) >= 11 is 0. The molecular weight excluding hydrogens is 399 g/mol. The zero-order valence-electron chi connectivity index (χ0n) is 16.2. The van der Waals surface area contributed by atoms with E-state index in [1.165, 1.54) is 22.7 Å². The molecular formula is C22H17FN6O2. The number of hydrogen-bond donors (Lipinski definition) is 3. The van der Waals surface area contributed by atoms with Crippen LogP contribution in [0.15, 0.2) is 54.9 Å². The van der Waals surface area contributed by atoms with Crippen LogP contribution < -0.4 is 11.1 Å². The second kappa shape index (κ2) is 8.12. The molecule has 0 aliphatic heterocycles. The number of nitrogens with zero attached hydrogens (tertiary/aromatic N) is 4. The lowest BCUT2D eigenvalue weighted by Gasteiger charge is -2.10. The molecule has 0 fully saturated rings. The van der Waals surface area contributed by atoms with Gasteiger partial charge in [-0.1, -0.05) is 12.1 Å². The van der Waals surface area contributed by atoms with Crippen LogP contribution in [0.3, 0.4) is 0 Å². The van der Waals surface area contributed by atoms with Gasteiger partial charge >= 0.3 is 5.97 Å². The summed E-state index contributed by atoms with van der Waals surface area (Å²) in [5.41, 5.74) is 9.02. The number of aromatic carboxylic acids is 1. The van der Waals surface area contributed by atoms with Gasteiger partial charge in [-0.05, 0) is 30.3 Å². The molecule has 4 aromatic rings. The fourth-order valence-electron chi connectivity index (χ4n) is 3.48. The number of benzene rings is 1. The van der Waals surface area contributed by atoms with Gasteiger partial charge < -0.3 is 16.2 Å². The van der Waals surface area contributed by atoms with Crippen LogP contribution in [0.2, 0.25) is 0 Å². The Morgan fingerprint density at radius 2 is 2.06 bits per heavy atom. The number of anilines is 2. The molecule has 0 spiro atoms. The van der Waals surface area contributed by atoms with Crippen LogP contribution in [0.5, 0.6) is 0 Å². The van der Waals surface area contributed by atoms with Crippen molar-refractivity contribution in [2.75, 3.05) is 17.6 Å². The SMILES string of the molecule is N#Cc1c(N)cccc1NCCc1nc2cccc(C(=O)O)n2c1-c1cncc(F)c1. The van der Waals surface area contributed by atoms with Crippen molar-refractivity contribution in [2.45, 2.75) is 6.42 Å². The van der Waals surface area contributed by atoms with Crippen LogP contribution in [-0.4, -0.2) is 32.0 Å². The summed E-state index contributed by atoms with van der Waals surface area (Å²) in [6, 6.07) is 13.3. The van der Waals surface area contributed by atoms with Crippen LogP contribution in [-0.2, 0) is 6.42 Å². The first-order valence-corrected chi connectivity index (χ1v) is 9.36. The number of nitrogens with two attached hydrogens (primary N) is 1. The minimum absolute atomic E-state index is 0.00562. The summed E-state index contributed by atoms with van der Waals surface area (Å²) < 4.78 is 15.4. The normalized spacial score (nSPS) is 10.7. The Hall–Kier alpha value is -4.45. The smallest absolute Gasteiger partial charge is 0.352 e. The number of nitriles is 1. The molecule has 0 radical (unpaired) electrons. The number of fused-ring (bicyclic) bond motifs is 1. The Balaban J connectivity index is 1.75. The van der Waals surface area contributed by atoms with Gasteiger partial charge in [0, 0.05) is 24.7 Å². The van der Waals surface area contributed by atoms with Gasteiger partial charge in [-0.3, -0.25) is 9.38 Å². The first-order valence-electron chi connectivity index (χ1n) is 9.36. The number of rotatable bonds is 6. The largest absolute Gasteiger partial charge is 0.477 e. The third-order valence-electron chi connectivity index (χ3n) is 4.80. The number of halogens is 1. The van der Waals surface area contributed by atoms with Gasteiger partial charge in [-0.2, -0.15) is 5.26 Å². The third kappa shape index (κ3) is 3.74. The van der Waals surface area contributed by atoms with E-state index in [4.69, 9.17) is 5.73 Å². The molecule has 8 nitrogen and oxygen atoms in total. The summed E-state index contributed by atoms with van der Waals surface area (Å²) in [5, 5.41) is 22.1. The van der Waals surface area contributed by atoms with Gasteiger partial charge in [0.25, 0.3) is 0 Å². The molecule has 0 saturated heterocycles. The molecule has 0 atom stereocenters. The maximum atomic E-state index is 13.9. The van der Waals surface area contributed by atoms with Crippen molar-refractivity contribution in [3.63, 3.8) is 0 Å². The van der Waals surface area contributed by atoms with Crippen LogP contribution in [0.25, 0.3) is 16.9 Å². The quantitative estimate of drug-likeness (QED) is 0.411. The van der Waals surface area contributed by atoms with Crippen LogP contribution in [0.4, 0.5) is 15.8 Å². The van der Waals surface area contributed by atoms with E-state index >= 15 is 0 Å². The van der Waals surface area contributed by atoms with Gasteiger partial charge in [-0.15, -0.1) is 0 Å². The molecule has 4 rings (SSSR count). The predicted octanol–water partition coefficient (Wildman–Crippen LogP) is 3.34. The molecule has 0 aliphatic rings. The number of aromatic nitrogens is 3. The highest BCUT2D eigenvalue weighted by Gasteiger charge is 2.20. The summed E-state index contributed by atoms with van der Waals surface area (Å²) in [5.74, 6) is -1.67. The van der Waals surface area contributed by atoms with E-state index in [0.717, 1.165) is 6.20 Å². The number of carbonyl (C=O) groups is 1. The zero-order valence-corrected chi connectivity index (χ0v) is 16.2. The maximum Gasteiger partial charge on any atom is 0.352 e. The fourth-order valence-corrected chi connectivity index (χ4v) is 3.48. The molecule has 0 bridgehead atoms. The number of nitrogens with one attached hydrogen (secondary N) is 1. The predicted molar refractivity (Wildman–Crippen MR) is 113 cm³/mol. The lowest BCUT2D eigenvalue weighted by Crippen LogP contribution is -2.09. The van der Waals surface area contributed by atoms with E-state index in [-0.39, 0.29) is 5.69 Å².